The smallest absolute Gasteiger partial charge is 0.311 e. The highest BCUT2D eigenvalue weighted by Crippen LogP contribution is 2.56. The van der Waals surface area contributed by atoms with E-state index in [4.69, 9.17) is 10.5 Å². The standard InChI is InChI=1S/C15H21NO3/c1-8-7-9(2)11(12(19-4)10(8)3)13(16)15(5-6-15)14(17)18/h7,13H,5-6,16H2,1-4H3,(H,17,18). The van der Waals surface area contributed by atoms with Gasteiger partial charge in [-0.15, -0.1) is 0 Å². The molecule has 3 N–H and O–H groups in total. The maximum Gasteiger partial charge on any atom is 0.311 e. The van der Waals surface area contributed by atoms with Gasteiger partial charge in [0.2, 0.25) is 0 Å². The van der Waals surface area contributed by atoms with Crippen molar-refractivity contribution in [3.05, 3.63) is 28.3 Å². The Morgan fingerprint density at radius 2 is 1.95 bits per heavy atom. The molecule has 104 valence electrons. The zero-order valence-corrected chi connectivity index (χ0v) is 11.9. The molecule has 1 aliphatic carbocycles. The van der Waals surface area contributed by atoms with Gasteiger partial charge in [-0.05, 0) is 50.3 Å². The van der Waals surface area contributed by atoms with E-state index < -0.39 is 17.4 Å². The number of hydrogen-bond acceptors (Lipinski definition) is 3. The van der Waals surface area contributed by atoms with Gasteiger partial charge in [-0.1, -0.05) is 6.07 Å². The van der Waals surface area contributed by atoms with Crippen molar-refractivity contribution in [2.24, 2.45) is 11.1 Å². The number of carbonyl (C=O) groups is 1. The van der Waals surface area contributed by atoms with Crippen molar-refractivity contribution in [2.75, 3.05) is 7.11 Å². The average Bonchev–Trinajstić information content (AvgIpc) is 3.13. The molecule has 1 saturated carbocycles. The number of methoxy groups -OCH3 is 1. The van der Waals surface area contributed by atoms with Crippen LogP contribution in [0.2, 0.25) is 0 Å². The van der Waals surface area contributed by atoms with E-state index in [9.17, 15) is 9.90 Å². The topological polar surface area (TPSA) is 72.5 Å². The van der Waals surface area contributed by atoms with E-state index in [1.165, 1.54) is 0 Å². The molecular weight excluding hydrogens is 242 g/mol. The Morgan fingerprint density at radius 1 is 1.37 bits per heavy atom. The van der Waals surface area contributed by atoms with Gasteiger partial charge >= 0.3 is 5.97 Å². The van der Waals surface area contributed by atoms with E-state index in [0.29, 0.717) is 12.8 Å². The van der Waals surface area contributed by atoms with Gasteiger partial charge in [-0.3, -0.25) is 4.79 Å². The van der Waals surface area contributed by atoms with Gasteiger partial charge in [0.15, 0.2) is 0 Å². The van der Waals surface area contributed by atoms with E-state index in [1.54, 1.807) is 7.11 Å². The number of hydrogen-bond donors (Lipinski definition) is 2. The maximum absolute atomic E-state index is 11.4. The minimum atomic E-state index is -0.806. The molecule has 1 aromatic rings. The Labute approximate surface area is 113 Å². The lowest BCUT2D eigenvalue weighted by Gasteiger charge is -2.25. The fourth-order valence-electron chi connectivity index (χ4n) is 2.79. The molecule has 0 heterocycles. The molecule has 1 aliphatic rings. The normalized spacial score (nSPS) is 17.9. The molecule has 1 aromatic carbocycles. The number of ether oxygens (including phenoxy) is 1. The molecule has 19 heavy (non-hydrogen) atoms. The number of aryl methyl sites for hydroxylation is 2. The van der Waals surface area contributed by atoms with Gasteiger partial charge in [0, 0.05) is 11.6 Å². The SMILES string of the molecule is COc1c(C)c(C)cc(C)c1C(N)C1(C(=O)O)CC1. The number of carboxylic acid groups (broad SMARTS) is 1. The molecule has 0 spiro atoms. The molecule has 0 aromatic heterocycles. The minimum Gasteiger partial charge on any atom is -0.496 e. The van der Waals surface area contributed by atoms with Crippen LogP contribution in [0.5, 0.6) is 5.75 Å². The first kappa shape index (κ1) is 13.9. The predicted octanol–water partition coefficient (Wildman–Crippen LogP) is 2.49. The van der Waals surface area contributed by atoms with Crippen LogP contribution in [-0.2, 0) is 4.79 Å². The Balaban J connectivity index is 2.57. The fourth-order valence-corrected chi connectivity index (χ4v) is 2.79. The van der Waals surface area contributed by atoms with E-state index in [1.807, 2.05) is 26.8 Å². The summed E-state index contributed by atoms with van der Waals surface area (Å²) in [6.45, 7) is 5.95. The van der Waals surface area contributed by atoms with Crippen LogP contribution >= 0.6 is 0 Å². The maximum atomic E-state index is 11.4. The van der Waals surface area contributed by atoms with Gasteiger partial charge in [-0.2, -0.15) is 0 Å². The monoisotopic (exact) mass is 263 g/mol. The summed E-state index contributed by atoms with van der Waals surface area (Å²) in [4.78, 5) is 11.4. The van der Waals surface area contributed by atoms with Crippen LogP contribution in [0.15, 0.2) is 6.07 Å². The van der Waals surface area contributed by atoms with E-state index >= 15 is 0 Å². The third-order valence-corrected chi connectivity index (χ3v) is 4.36. The molecule has 4 heteroatoms. The van der Waals surface area contributed by atoms with Gasteiger partial charge in [0.25, 0.3) is 0 Å². The summed E-state index contributed by atoms with van der Waals surface area (Å²) in [6.07, 6.45) is 1.28. The predicted molar refractivity (Wildman–Crippen MR) is 73.4 cm³/mol. The van der Waals surface area contributed by atoms with Gasteiger partial charge in [0.1, 0.15) is 5.75 Å². The highest BCUT2D eigenvalue weighted by atomic mass is 16.5. The molecule has 0 bridgehead atoms. The Kier molecular flexibility index (Phi) is 3.31. The van der Waals surface area contributed by atoms with Crippen molar-refractivity contribution in [3.8, 4) is 5.75 Å². The summed E-state index contributed by atoms with van der Waals surface area (Å²) in [5.41, 5.74) is 9.46. The van der Waals surface area contributed by atoms with Crippen LogP contribution in [0.25, 0.3) is 0 Å². The van der Waals surface area contributed by atoms with Gasteiger partial charge in [-0.25, -0.2) is 0 Å². The first-order chi connectivity index (χ1) is 8.85. The van der Waals surface area contributed by atoms with Gasteiger partial charge in [0.05, 0.1) is 12.5 Å². The fraction of sp³-hybridized carbons (Fsp3) is 0.533. The van der Waals surface area contributed by atoms with Crippen molar-refractivity contribution < 1.29 is 14.6 Å². The summed E-state index contributed by atoms with van der Waals surface area (Å²) in [6, 6.07) is 1.53. The van der Waals surface area contributed by atoms with Crippen molar-refractivity contribution in [3.63, 3.8) is 0 Å². The Morgan fingerprint density at radius 3 is 2.37 bits per heavy atom. The summed E-state index contributed by atoms with van der Waals surface area (Å²) >= 11 is 0. The van der Waals surface area contributed by atoms with Crippen LogP contribution in [0.3, 0.4) is 0 Å². The third-order valence-electron chi connectivity index (χ3n) is 4.36. The summed E-state index contributed by atoms with van der Waals surface area (Å²) in [7, 11) is 1.61. The molecule has 0 radical (unpaired) electrons. The number of carboxylic acids is 1. The van der Waals surface area contributed by atoms with Crippen LogP contribution in [0.4, 0.5) is 0 Å². The molecule has 0 aliphatic heterocycles. The minimum absolute atomic E-state index is 0.515. The van der Waals surface area contributed by atoms with Crippen molar-refractivity contribution >= 4 is 5.97 Å². The van der Waals surface area contributed by atoms with Crippen LogP contribution < -0.4 is 10.5 Å². The molecule has 0 amide bonds. The second-order valence-corrected chi connectivity index (χ2v) is 5.52. The Hall–Kier alpha value is -1.55. The quantitative estimate of drug-likeness (QED) is 0.875. The van der Waals surface area contributed by atoms with E-state index in [2.05, 4.69) is 0 Å². The van der Waals surface area contributed by atoms with E-state index in [0.717, 1.165) is 28.0 Å². The first-order valence-corrected chi connectivity index (χ1v) is 6.49. The molecular formula is C15H21NO3. The summed E-state index contributed by atoms with van der Waals surface area (Å²) < 4.78 is 5.49. The highest BCUT2D eigenvalue weighted by molar-refractivity contribution is 5.79. The highest BCUT2D eigenvalue weighted by Gasteiger charge is 2.56. The second kappa shape index (κ2) is 4.53. The largest absolute Gasteiger partial charge is 0.496 e. The lowest BCUT2D eigenvalue weighted by molar-refractivity contribution is -0.144. The zero-order valence-electron chi connectivity index (χ0n) is 11.9. The first-order valence-electron chi connectivity index (χ1n) is 6.49. The third kappa shape index (κ3) is 2.00. The van der Waals surface area contributed by atoms with Gasteiger partial charge < -0.3 is 15.6 Å². The van der Waals surface area contributed by atoms with Crippen molar-refractivity contribution in [2.45, 2.75) is 39.7 Å². The van der Waals surface area contributed by atoms with Crippen LogP contribution in [0, 0.1) is 26.2 Å². The van der Waals surface area contributed by atoms with Crippen LogP contribution in [0.1, 0.15) is 41.1 Å². The average molecular weight is 263 g/mol. The van der Waals surface area contributed by atoms with E-state index in [-0.39, 0.29) is 0 Å². The van der Waals surface area contributed by atoms with Crippen LogP contribution in [-0.4, -0.2) is 18.2 Å². The summed E-state index contributed by atoms with van der Waals surface area (Å²) in [5.74, 6) is -0.0720. The molecule has 1 fully saturated rings. The number of rotatable bonds is 4. The molecule has 1 atom stereocenters. The van der Waals surface area contributed by atoms with Crippen molar-refractivity contribution in [1.82, 2.24) is 0 Å². The molecule has 0 saturated heterocycles. The number of nitrogens with two attached hydrogens (primary N) is 1. The number of aliphatic carboxylic acids is 1. The number of benzene rings is 1. The summed E-state index contributed by atoms with van der Waals surface area (Å²) in [5, 5.41) is 9.39. The molecule has 2 rings (SSSR count). The lowest BCUT2D eigenvalue weighted by atomic mass is 9.85. The van der Waals surface area contributed by atoms with Crippen molar-refractivity contribution in [1.29, 1.82) is 0 Å². The second-order valence-electron chi connectivity index (χ2n) is 5.52. The zero-order chi connectivity index (χ0) is 14.4. The Bertz CT molecular complexity index is 533. The lowest BCUT2D eigenvalue weighted by Crippen LogP contribution is -2.31. The molecule has 4 nitrogen and oxygen atoms in total. The molecule has 1 unspecified atom stereocenters.